The van der Waals surface area contributed by atoms with Gasteiger partial charge < -0.3 is 10.4 Å². The van der Waals surface area contributed by atoms with E-state index in [-0.39, 0.29) is 11.7 Å². The van der Waals surface area contributed by atoms with E-state index in [0.29, 0.717) is 16.8 Å². The van der Waals surface area contributed by atoms with Gasteiger partial charge in [0.05, 0.1) is 0 Å². The van der Waals surface area contributed by atoms with Crippen molar-refractivity contribution in [2.24, 2.45) is 0 Å². The molecular formula is C21H28NO3P. The van der Waals surface area contributed by atoms with Crippen LogP contribution in [0.1, 0.15) is 32.8 Å². The molecule has 140 valence electrons. The molecule has 0 fully saturated rings. The van der Waals surface area contributed by atoms with Gasteiger partial charge in [-0.05, 0) is 30.3 Å². The van der Waals surface area contributed by atoms with Gasteiger partial charge in [-0.15, -0.1) is 9.24 Å². The first kappa shape index (κ1) is 23.7. The average molecular weight is 373 g/mol. The Morgan fingerprint density at radius 2 is 1.77 bits per heavy atom. The number of ketones is 1. The molecule has 1 unspecified atom stereocenters. The lowest BCUT2D eigenvalue weighted by molar-refractivity contribution is -0.118. The van der Waals surface area contributed by atoms with Gasteiger partial charge in [-0.3, -0.25) is 9.59 Å². The molecule has 0 aliphatic heterocycles. The molecule has 0 bridgehead atoms. The molecule has 0 aliphatic rings. The molecule has 0 saturated carbocycles. The zero-order chi connectivity index (χ0) is 20.1. The molecule has 1 amide bonds. The normalized spacial score (nSPS) is 11.6. The van der Waals surface area contributed by atoms with Crippen molar-refractivity contribution in [3.05, 3.63) is 72.0 Å². The molecule has 1 atom stereocenters. The number of amides is 1. The highest BCUT2D eigenvalue weighted by atomic mass is 31.0. The molecule has 0 radical (unpaired) electrons. The molecule has 0 spiro atoms. The first-order valence-corrected chi connectivity index (χ1v) is 8.79. The standard InChI is InChI=1S/C20H24NO2P.CH4O/c1-5-6-7-8-18(13-14(2)21-16(4)22)20(23)15(3)17-9-11-19(24)12-10-17;1-2/h6-13H,3,5,24H2,1-2,4H3,(H,21,22);2H,1H3/b7-6+,14-13+,18-8+;. The Morgan fingerprint density at radius 3 is 2.27 bits per heavy atom. The quantitative estimate of drug-likeness (QED) is 0.438. The Kier molecular flexibility index (Phi) is 11.8. The zero-order valence-corrected chi connectivity index (χ0v) is 17.0. The monoisotopic (exact) mass is 373 g/mol. The van der Waals surface area contributed by atoms with Crippen molar-refractivity contribution in [1.82, 2.24) is 5.32 Å². The number of aliphatic hydroxyl groups excluding tert-OH is 1. The van der Waals surface area contributed by atoms with Crippen LogP contribution < -0.4 is 10.6 Å². The molecule has 0 saturated heterocycles. The number of allylic oxidation sites excluding steroid dienone is 7. The molecule has 5 heteroatoms. The third-order valence-electron chi connectivity index (χ3n) is 3.19. The van der Waals surface area contributed by atoms with Gasteiger partial charge >= 0.3 is 0 Å². The molecule has 1 rings (SSSR count). The van der Waals surface area contributed by atoms with Crippen molar-refractivity contribution >= 4 is 31.8 Å². The van der Waals surface area contributed by atoms with Crippen LogP contribution in [0.3, 0.4) is 0 Å². The molecule has 4 nitrogen and oxygen atoms in total. The lowest BCUT2D eigenvalue weighted by atomic mass is 9.97. The van der Waals surface area contributed by atoms with E-state index in [9.17, 15) is 9.59 Å². The van der Waals surface area contributed by atoms with E-state index in [1.54, 1.807) is 19.1 Å². The zero-order valence-electron chi connectivity index (χ0n) is 15.9. The summed E-state index contributed by atoms with van der Waals surface area (Å²) in [5, 5.41) is 10.7. The van der Waals surface area contributed by atoms with Gasteiger partial charge in [0.25, 0.3) is 0 Å². The van der Waals surface area contributed by atoms with Gasteiger partial charge in [0.2, 0.25) is 5.91 Å². The molecule has 0 aliphatic carbocycles. The van der Waals surface area contributed by atoms with Gasteiger partial charge in [-0.2, -0.15) is 0 Å². The Labute approximate surface area is 158 Å². The molecule has 1 aromatic rings. The first-order chi connectivity index (χ1) is 12.3. The van der Waals surface area contributed by atoms with Gasteiger partial charge in [-0.25, -0.2) is 0 Å². The van der Waals surface area contributed by atoms with Gasteiger partial charge in [0.1, 0.15) is 0 Å². The van der Waals surface area contributed by atoms with Crippen molar-refractivity contribution < 1.29 is 14.7 Å². The minimum absolute atomic E-state index is 0.169. The number of carbonyl (C=O) groups is 2. The molecule has 1 aromatic carbocycles. The fourth-order valence-corrected chi connectivity index (χ4v) is 2.23. The lowest BCUT2D eigenvalue weighted by Crippen LogP contribution is -2.18. The molecule has 0 aromatic heterocycles. The van der Waals surface area contributed by atoms with Crippen LogP contribution in [0.4, 0.5) is 0 Å². The summed E-state index contributed by atoms with van der Waals surface area (Å²) in [6.07, 6.45) is 8.08. The number of benzene rings is 1. The van der Waals surface area contributed by atoms with Crippen molar-refractivity contribution in [3.8, 4) is 0 Å². The van der Waals surface area contributed by atoms with E-state index in [1.165, 1.54) is 6.92 Å². The maximum atomic E-state index is 12.8. The number of hydrogen-bond donors (Lipinski definition) is 2. The van der Waals surface area contributed by atoms with Crippen LogP contribution in [0.25, 0.3) is 5.57 Å². The topological polar surface area (TPSA) is 66.4 Å². The second-order valence-corrected chi connectivity index (χ2v) is 6.06. The Bertz CT molecular complexity index is 713. The van der Waals surface area contributed by atoms with Crippen LogP contribution >= 0.6 is 9.24 Å². The number of aliphatic hydroxyl groups is 1. The predicted octanol–water partition coefficient (Wildman–Crippen LogP) is 3.31. The SMILES string of the molecule is C=C(C(=O)C(/C=C(\C)NC(C)=O)=C/C=C/CC)c1ccc(P)cc1.CO. The number of nitrogens with one attached hydrogen (secondary N) is 1. The largest absolute Gasteiger partial charge is 0.400 e. The minimum atomic E-state index is -0.172. The van der Waals surface area contributed by atoms with Crippen LogP contribution in [0.15, 0.2) is 66.4 Å². The summed E-state index contributed by atoms with van der Waals surface area (Å²) in [6.45, 7) is 9.14. The van der Waals surface area contributed by atoms with Crippen LogP contribution in [0.2, 0.25) is 0 Å². The van der Waals surface area contributed by atoms with Crippen molar-refractivity contribution in [1.29, 1.82) is 0 Å². The number of carbonyl (C=O) groups excluding carboxylic acids is 2. The molecule has 26 heavy (non-hydrogen) atoms. The van der Waals surface area contributed by atoms with Crippen LogP contribution in [-0.4, -0.2) is 23.9 Å². The number of Topliss-reactive ketones (excluding diaryl/α,β-unsaturated/α-hetero) is 1. The summed E-state index contributed by atoms with van der Waals surface area (Å²) in [7, 11) is 3.61. The van der Waals surface area contributed by atoms with E-state index in [0.717, 1.165) is 24.4 Å². The smallest absolute Gasteiger partial charge is 0.220 e. The van der Waals surface area contributed by atoms with Crippen LogP contribution in [-0.2, 0) is 9.59 Å². The van der Waals surface area contributed by atoms with Crippen molar-refractivity contribution in [2.75, 3.05) is 7.11 Å². The minimum Gasteiger partial charge on any atom is -0.400 e. The third-order valence-corrected chi connectivity index (χ3v) is 3.57. The fourth-order valence-electron chi connectivity index (χ4n) is 2.03. The van der Waals surface area contributed by atoms with E-state index in [4.69, 9.17) is 5.11 Å². The average Bonchev–Trinajstić information content (AvgIpc) is 2.61. The summed E-state index contributed by atoms with van der Waals surface area (Å²) in [5.74, 6) is -0.341. The summed E-state index contributed by atoms with van der Waals surface area (Å²) < 4.78 is 0. The second-order valence-electron chi connectivity index (χ2n) is 5.40. The van der Waals surface area contributed by atoms with E-state index in [1.807, 2.05) is 43.3 Å². The lowest BCUT2D eigenvalue weighted by Gasteiger charge is -2.08. The van der Waals surface area contributed by atoms with Gasteiger partial charge in [0, 0.05) is 30.9 Å². The summed E-state index contributed by atoms with van der Waals surface area (Å²) in [6, 6.07) is 7.56. The van der Waals surface area contributed by atoms with E-state index >= 15 is 0 Å². The van der Waals surface area contributed by atoms with Crippen molar-refractivity contribution in [2.45, 2.75) is 27.2 Å². The summed E-state index contributed by atoms with van der Waals surface area (Å²) in [5.41, 5.74) is 2.29. The maximum Gasteiger partial charge on any atom is 0.220 e. The van der Waals surface area contributed by atoms with E-state index in [2.05, 4.69) is 21.1 Å². The van der Waals surface area contributed by atoms with Gasteiger partial charge in [0.15, 0.2) is 5.78 Å². The highest BCUT2D eigenvalue weighted by Crippen LogP contribution is 2.18. The first-order valence-electron chi connectivity index (χ1n) is 8.22. The fraction of sp³-hybridized carbons (Fsp3) is 0.238. The summed E-state index contributed by atoms with van der Waals surface area (Å²) in [4.78, 5) is 23.9. The highest BCUT2D eigenvalue weighted by molar-refractivity contribution is 7.27. The maximum absolute atomic E-state index is 12.8. The van der Waals surface area contributed by atoms with Crippen LogP contribution in [0.5, 0.6) is 0 Å². The molecular weight excluding hydrogens is 345 g/mol. The Hall–Kier alpha value is -2.29. The van der Waals surface area contributed by atoms with E-state index < -0.39 is 0 Å². The number of hydrogen-bond acceptors (Lipinski definition) is 3. The van der Waals surface area contributed by atoms with Crippen LogP contribution in [0, 0.1) is 0 Å². The van der Waals surface area contributed by atoms with Gasteiger partial charge in [-0.1, -0.05) is 56.0 Å². The Morgan fingerprint density at radius 1 is 1.19 bits per heavy atom. The number of rotatable bonds is 7. The second kappa shape index (κ2) is 13.0. The Balaban J connectivity index is 0.00000301. The molecule has 2 N–H and O–H groups in total. The highest BCUT2D eigenvalue weighted by Gasteiger charge is 2.13. The third kappa shape index (κ3) is 8.70. The summed E-state index contributed by atoms with van der Waals surface area (Å²) >= 11 is 0. The predicted molar refractivity (Wildman–Crippen MR) is 113 cm³/mol. The molecule has 0 heterocycles. The van der Waals surface area contributed by atoms with Crippen molar-refractivity contribution in [3.63, 3.8) is 0 Å².